The number of nitrogens with zero attached hydrogens (tertiary/aromatic N) is 1. The van der Waals surface area contributed by atoms with Gasteiger partial charge in [0.1, 0.15) is 0 Å². The molecule has 2 aliphatic heterocycles. The van der Waals surface area contributed by atoms with Crippen molar-refractivity contribution in [2.75, 3.05) is 32.8 Å². The minimum Gasteiger partial charge on any atom is -0.481 e. The quantitative estimate of drug-likeness (QED) is 0.681. The molecule has 2 heterocycles. The normalized spacial score (nSPS) is 25.4. The van der Waals surface area contributed by atoms with Crippen molar-refractivity contribution < 1.29 is 19.4 Å². The number of morpholine rings is 1. The first-order valence-corrected chi connectivity index (χ1v) is 5.97. The van der Waals surface area contributed by atoms with Gasteiger partial charge < -0.3 is 20.1 Å². The lowest BCUT2D eigenvalue weighted by Gasteiger charge is -2.39. The number of hydrogen-bond acceptors (Lipinski definition) is 4. The molecule has 2 N–H and O–H groups in total. The monoisotopic (exact) mass is 242 g/mol. The molecular formula is C11H18N2O4. The standard InChI is InChI=1S/C11H18N2O4/c14-10(4-9-5-12-1-2-17-9)13-6-8(7-13)3-11(15)16/h8-9,12H,1-7H2,(H,15,16). The lowest BCUT2D eigenvalue weighted by atomic mass is 9.95. The summed E-state index contributed by atoms with van der Waals surface area (Å²) in [5.41, 5.74) is 0. The molecule has 0 aromatic rings. The number of nitrogens with one attached hydrogen (secondary N) is 1. The van der Waals surface area contributed by atoms with Crippen molar-refractivity contribution in [3.05, 3.63) is 0 Å². The summed E-state index contributed by atoms with van der Waals surface area (Å²) in [5, 5.41) is 11.8. The number of rotatable bonds is 4. The van der Waals surface area contributed by atoms with Gasteiger partial charge in [-0.15, -0.1) is 0 Å². The van der Waals surface area contributed by atoms with Crippen LogP contribution < -0.4 is 5.32 Å². The largest absolute Gasteiger partial charge is 0.481 e. The highest BCUT2D eigenvalue weighted by Crippen LogP contribution is 2.20. The van der Waals surface area contributed by atoms with E-state index in [4.69, 9.17) is 9.84 Å². The Labute approximate surface area is 99.9 Å². The van der Waals surface area contributed by atoms with Crippen LogP contribution in [0.4, 0.5) is 0 Å². The van der Waals surface area contributed by atoms with Crippen LogP contribution in [0.25, 0.3) is 0 Å². The molecule has 2 saturated heterocycles. The molecule has 2 aliphatic rings. The van der Waals surface area contributed by atoms with Crippen LogP contribution in [0.1, 0.15) is 12.8 Å². The lowest BCUT2D eigenvalue weighted by Crippen LogP contribution is -2.52. The second-order valence-corrected chi connectivity index (χ2v) is 4.66. The SMILES string of the molecule is O=C(O)CC1CN(C(=O)CC2CNCCO2)C1. The highest BCUT2D eigenvalue weighted by atomic mass is 16.5. The molecule has 0 aromatic carbocycles. The summed E-state index contributed by atoms with van der Waals surface area (Å²) in [6.07, 6.45) is 0.521. The molecule has 0 aromatic heterocycles. The second kappa shape index (κ2) is 5.46. The van der Waals surface area contributed by atoms with Crippen molar-refractivity contribution in [1.82, 2.24) is 10.2 Å². The molecule has 0 bridgehead atoms. The highest BCUT2D eigenvalue weighted by Gasteiger charge is 2.33. The minimum absolute atomic E-state index is 0.0326. The van der Waals surface area contributed by atoms with Gasteiger partial charge in [0, 0.05) is 32.1 Å². The molecule has 6 heteroatoms. The van der Waals surface area contributed by atoms with Crippen molar-refractivity contribution in [3.63, 3.8) is 0 Å². The first-order chi connectivity index (χ1) is 8.15. The van der Waals surface area contributed by atoms with Crippen molar-refractivity contribution >= 4 is 11.9 Å². The maximum Gasteiger partial charge on any atom is 0.303 e. The summed E-state index contributed by atoms with van der Waals surface area (Å²) >= 11 is 0. The Bertz CT molecular complexity index is 296. The number of carboxylic acids is 1. The van der Waals surface area contributed by atoms with E-state index in [9.17, 15) is 9.59 Å². The Balaban J connectivity index is 1.66. The zero-order valence-corrected chi connectivity index (χ0v) is 9.72. The van der Waals surface area contributed by atoms with E-state index < -0.39 is 5.97 Å². The molecule has 0 spiro atoms. The third kappa shape index (κ3) is 3.41. The Kier molecular flexibility index (Phi) is 3.96. The van der Waals surface area contributed by atoms with Gasteiger partial charge in [0.05, 0.1) is 25.6 Å². The minimum atomic E-state index is -0.790. The molecule has 0 aliphatic carbocycles. The van der Waals surface area contributed by atoms with E-state index in [0.717, 1.165) is 13.1 Å². The van der Waals surface area contributed by atoms with Crippen LogP contribution in [-0.2, 0) is 14.3 Å². The van der Waals surface area contributed by atoms with Gasteiger partial charge in [-0.2, -0.15) is 0 Å². The van der Waals surface area contributed by atoms with Crippen LogP contribution in [0.2, 0.25) is 0 Å². The fourth-order valence-electron chi connectivity index (χ4n) is 2.22. The van der Waals surface area contributed by atoms with Crippen molar-refractivity contribution in [3.8, 4) is 0 Å². The molecule has 96 valence electrons. The number of ether oxygens (including phenoxy) is 1. The topological polar surface area (TPSA) is 78.9 Å². The van der Waals surface area contributed by atoms with E-state index in [1.54, 1.807) is 4.90 Å². The van der Waals surface area contributed by atoms with Gasteiger partial charge in [0.15, 0.2) is 0 Å². The summed E-state index contributed by atoms with van der Waals surface area (Å²) in [6.45, 7) is 3.36. The van der Waals surface area contributed by atoms with Crippen molar-refractivity contribution in [2.24, 2.45) is 5.92 Å². The summed E-state index contributed by atoms with van der Waals surface area (Å²) in [7, 11) is 0. The van der Waals surface area contributed by atoms with Gasteiger partial charge in [-0.05, 0) is 0 Å². The number of amides is 1. The number of likely N-dealkylation sites (tertiary alicyclic amines) is 1. The average molecular weight is 242 g/mol. The molecule has 1 unspecified atom stereocenters. The zero-order valence-electron chi connectivity index (χ0n) is 9.72. The smallest absolute Gasteiger partial charge is 0.303 e. The Morgan fingerprint density at radius 3 is 2.71 bits per heavy atom. The maximum atomic E-state index is 11.8. The van der Waals surface area contributed by atoms with E-state index in [1.807, 2.05) is 0 Å². The van der Waals surface area contributed by atoms with Crippen molar-refractivity contribution in [2.45, 2.75) is 18.9 Å². The molecular weight excluding hydrogens is 224 g/mol. The predicted octanol–water partition coefficient (Wildman–Crippen LogP) is -0.702. The summed E-state index contributed by atoms with van der Waals surface area (Å²) in [4.78, 5) is 24.0. The molecule has 2 fully saturated rings. The van der Waals surface area contributed by atoms with E-state index >= 15 is 0 Å². The summed E-state index contributed by atoms with van der Waals surface area (Å²) in [6, 6.07) is 0. The maximum absolute atomic E-state index is 11.8. The number of aliphatic carboxylic acids is 1. The highest BCUT2D eigenvalue weighted by molar-refractivity contribution is 5.78. The van der Waals surface area contributed by atoms with Crippen LogP contribution in [-0.4, -0.2) is 60.8 Å². The van der Waals surface area contributed by atoms with Crippen LogP contribution in [0.3, 0.4) is 0 Å². The van der Waals surface area contributed by atoms with Gasteiger partial charge in [-0.25, -0.2) is 0 Å². The third-order valence-electron chi connectivity index (χ3n) is 3.18. The molecule has 0 radical (unpaired) electrons. The second-order valence-electron chi connectivity index (χ2n) is 4.66. The zero-order chi connectivity index (χ0) is 12.3. The van der Waals surface area contributed by atoms with E-state index in [-0.39, 0.29) is 24.3 Å². The van der Waals surface area contributed by atoms with E-state index in [0.29, 0.717) is 26.1 Å². The fraction of sp³-hybridized carbons (Fsp3) is 0.818. The number of carbonyl (C=O) groups excluding carboxylic acids is 1. The van der Waals surface area contributed by atoms with Crippen molar-refractivity contribution in [1.29, 1.82) is 0 Å². The Hall–Kier alpha value is -1.14. The summed E-state index contributed by atoms with van der Waals surface area (Å²) < 4.78 is 5.45. The van der Waals surface area contributed by atoms with Gasteiger partial charge >= 0.3 is 5.97 Å². The van der Waals surface area contributed by atoms with Crippen LogP contribution in [0.5, 0.6) is 0 Å². The van der Waals surface area contributed by atoms with Gasteiger partial charge in [0.2, 0.25) is 5.91 Å². The van der Waals surface area contributed by atoms with E-state index in [2.05, 4.69) is 5.32 Å². The van der Waals surface area contributed by atoms with Crippen LogP contribution >= 0.6 is 0 Å². The lowest BCUT2D eigenvalue weighted by molar-refractivity contribution is -0.146. The number of carboxylic acid groups (broad SMARTS) is 1. The predicted molar refractivity (Wildman–Crippen MR) is 59.5 cm³/mol. The van der Waals surface area contributed by atoms with Gasteiger partial charge in [0.25, 0.3) is 0 Å². The molecule has 6 nitrogen and oxygen atoms in total. The molecule has 2 rings (SSSR count). The number of carbonyl (C=O) groups is 2. The molecule has 1 atom stereocenters. The Morgan fingerprint density at radius 2 is 2.12 bits per heavy atom. The van der Waals surface area contributed by atoms with Crippen LogP contribution in [0.15, 0.2) is 0 Å². The average Bonchev–Trinajstić information content (AvgIpc) is 2.23. The van der Waals surface area contributed by atoms with Gasteiger partial charge in [-0.3, -0.25) is 9.59 Å². The third-order valence-corrected chi connectivity index (χ3v) is 3.18. The number of hydrogen-bond donors (Lipinski definition) is 2. The molecule has 0 saturated carbocycles. The first kappa shape index (κ1) is 12.3. The molecule has 17 heavy (non-hydrogen) atoms. The molecule has 1 amide bonds. The van der Waals surface area contributed by atoms with Gasteiger partial charge in [-0.1, -0.05) is 0 Å². The van der Waals surface area contributed by atoms with Crippen LogP contribution in [0, 0.1) is 5.92 Å². The first-order valence-electron chi connectivity index (χ1n) is 5.97. The fourth-order valence-corrected chi connectivity index (χ4v) is 2.22. The van der Waals surface area contributed by atoms with E-state index in [1.165, 1.54) is 0 Å². The summed E-state index contributed by atoms with van der Waals surface area (Å²) in [5.74, 6) is -0.593. The Morgan fingerprint density at radius 1 is 1.35 bits per heavy atom.